The van der Waals surface area contributed by atoms with Crippen molar-refractivity contribution < 1.29 is 22.4 Å². The van der Waals surface area contributed by atoms with E-state index in [1.807, 2.05) is 31.2 Å². The molecular formula is C22H26N4O5S. The Morgan fingerprint density at radius 3 is 2.72 bits per heavy atom. The van der Waals surface area contributed by atoms with Crippen molar-refractivity contribution in [2.24, 2.45) is 5.92 Å². The van der Waals surface area contributed by atoms with Crippen LogP contribution in [0.15, 0.2) is 52.0 Å². The first-order valence-corrected chi connectivity index (χ1v) is 11.8. The van der Waals surface area contributed by atoms with E-state index in [2.05, 4.69) is 15.5 Å². The third kappa shape index (κ3) is 4.71. The highest BCUT2D eigenvalue weighted by atomic mass is 32.2. The predicted molar refractivity (Wildman–Crippen MR) is 117 cm³/mol. The van der Waals surface area contributed by atoms with Gasteiger partial charge in [0.2, 0.25) is 11.0 Å². The van der Waals surface area contributed by atoms with Gasteiger partial charge in [-0.15, -0.1) is 0 Å². The van der Waals surface area contributed by atoms with Crippen LogP contribution in [0.5, 0.6) is 5.75 Å². The lowest BCUT2D eigenvalue weighted by molar-refractivity contribution is -0.126. The smallest absolute Gasteiger partial charge is 0.276 e. The summed E-state index contributed by atoms with van der Waals surface area (Å²) in [7, 11) is -2.17. The number of carbonyl (C=O) groups is 1. The summed E-state index contributed by atoms with van der Waals surface area (Å²) in [5.74, 6) is 0.823. The number of aromatic nitrogens is 2. The lowest BCUT2D eigenvalue weighted by Gasteiger charge is -2.29. The molecule has 1 aromatic carbocycles. The molecule has 3 heterocycles. The Kier molecular flexibility index (Phi) is 6.33. The second-order valence-corrected chi connectivity index (χ2v) is 9.67. The van der Waals surface area contributed by atoms with Crippen LogP contribution in [0.2, 0.25) is 0 Å². The summed E-state index contributed by atoms with van der Waals surface area (Å²) < 4.78 is 38.1. The molecule has 4 rings (SSSR count). The van der Waals surface area contributed by atoms with E-state index in [0.29, 0.717) is 30.8 Å². The Hall–Kier alpha value is -3.11. The van der Waals surface area contributed by atoms with E-state index >= 15 is 0 Å². The fourth-order valence-corrected chi connectivity index (χ4v) is 5.12. The molecule has 0 saturated carbocycles. The number of furan rings is 1. The largest absolute Gasteiger partial charge is 0.497 e. The molecule has 2 aromatic heterocycles. The minimum atomic E-state index is -3.77. The maximum atomic E-state index is 13.0. The second-order valence-electron chi connectivity index (χ2n) is 7.80. The van der Waals surface area contributed by atoms with Gasteiger partial charge < -0.3 is 14.5 Å². The van der Waals surface area contributed by atoms with Crippen LogP contribution in [-0.4, -0.2) is 49.0 Å². The number of hydrogen-bond donors (Lipinski definition) is 2. The summed E-state index contributed by atoms with van der Waals surface area (Å²) in [6.45, 7) is 2.78. The topological polar surface area (TPSA) is 118 Å². The van der Waals surface area contributed by atoms with Gasteiger partial charge in [-0.05, 0) is 55.7 Å². The van der Waals surface area contributed by atoms with Crippen molar-refractivity contribution in [3.05, 3.63) is 53.7 Å². The Morgan fingerprint density at radius 1 is 1.25 bits per heavy atom. The first-order valence-electron chi connectivity index (χ1n) is 10.4. The summed E-state index contributed by atoms with van der Waals surface area (Å²) in [4.78, 5) is 12.6. The minimum absolute atomic E-state index is 0.0703. The molecule has 0 atom stereocenters. The number of rotatable bonds is 7. The number of hydrogen-bond acceptors (Lipinski definition) is 6. The summed E-state index contributed by atoms with van der Waals surface area (Å²) in [5, 5.41) is 9.72. The van der Waals surface area contributed by atoms with Crippen molar-refractivity contribution in [1.82, 2.24) is 19.8 Å². The normalized spacial score (nSPS) is 15.6. The Labute approximate surface area is 186 Å². The zero-order chi connectivity index (χ0) is 22.7. The van der Waals surface area contributed by atoms with Crippen LogP contribution in [0.1, 0.15) is 24.1 Å². The highest BCUT2D eigenvalue weighted by molar-refractivity contribution is 7.89. The average Bonchev–Trinajstić information content (AvgIpc) is 3.47. The number of nitrogens with one attached hydrogen (secondary N) is 2. The lowest BCUT2D eigenvalue weighted by atomic mass is 9.97. The molecule has 0 bridgehead atoms. The minimum Gasteiger partial charge on any atom is -0.497 e. The standard InChI is InChI=1S/C22H26N4O5S/c1-15-12-19(25-24-15)20-6-7-21(31-20)32(28,29)26-10-8-17(9-11-26)22(27)23-14-16-4-3-5-18(13-16)30-2/h3-7,12-13,17H,8-11,14H2,1-2H3,(H,23,27)(H,24,25). The zero-order valence-corrected chi connectivity index (χ0v) is 18.8. The third-order valence-corrected chi connectivity index (χ3v) is 7.33. The van der Waals surface area contributed by atoms with Gasteiger partial charge in [-0.1, -0.05) is 12.1 Å². The number of piperidine rings is 1. The SMILES string of the molecule is COc1cccc(CNC(=O)C2CCN(S(=O)(=O)c3ccc(-c4cc(C)[nH]n4)o3)CC2)c1. The summed E-state index contributed by atoms with van der Waals surface area (Å²) in [6, 6.07) is 12.3. The Balaban J connectivity index is 1.33. The molecule has 170 valence electrons. The van der Waals surface area contributed by atoms with Crippen LogP contribution in [-0.2, 0) is 21.4 Å². The number of aromatic amines is 1. The van der Waals surface area contributed by atoms with Crippen LogP contribution in [0.4, 0.5) is 0 Å². The maximum absolute atomic E-state index is 13.0. The first-order chi connectivity index (χ1) is 15.4. The Morgan fingerprint density at radius 2 is 2.03 bits per heavy atom. The van der Waals surface area contributed by atoms with Crippen molar-refractivity contribution in [2.75, 3.05) is 20.2 Å². The van der Waals surface area contributed by atoms with Crippen molar-refractivity contribution in [2.45, 2.75) is 31.4 Å². The molecule has 2 N–H and O–H groups in total. The fraction of sp³-hybridized carbons (Fsp3) is 0.364. The molecule has 3 aromatic rings. The zero-order valence-electron chi connectivity index (χ0n) is 18.0. The lowest BCUT2D eigenvalue weighted by Crippen LogP contribution is -2.42. The number of amides is 1. The van der Waals surface area contributed by atoms with Crippen molar-refractivity contribution in [3.8, 4) is 17.2 Å². The van der Waals surface area contributed by atoms with Crippen LogP contribution in [0.3, 0.4) is 0 Å². The number of sulfonamides is 1. The van der Waals surface area contributed by atoms with E-state index in [0.717, 1.165) is 17.0 Å². The number of benzene rings is 1. The first kappa shape index (κ1) is 22.1. The predicted octanol–water partition coefficient (Wildman–Crippen LogP) is 2.70. The maximum Gasteiger partial charge on any atom is 0.276 e. The molecular weight excluding hydrogens is 432 g/mol. The molecule has 1 aliphatic rings. The van der Waals surface area contributed by atoms with E-state index in [4.69, 9.17) is 9.15 Å². The van der Waals surface area contributed by atoms with Crippen LogP contribution >= 0.6 is 0 Å². The molecule has 0 unspecified atom stereocenters. The molecule has 10 heteroatoms. The van der Waals surface area contributed by atoms with Gasteiger partial charge in [0.25, 0.3) is 10.0 Å². The van der Waals surface area contributed by atoms with Gasteiger partial charge in [0.15, 0.2) is 5.76 Å². The molecule has 1 amide bonds. The van der Waals surface area contributed by atoms with E-state index in [-0.39, 0.29) is 30.0 Å². The second kappa shape index (κ2) is 9.17. The molecule has 9 nitrogen and oxygen atoms in total. The van der Waals surface area contributed by atoms with Crippen molar-refractivity contribution in [3.63, 3.8) is 0 Å². The highest BCUT2D eigenvalue weighted by Crippen LogP contribution is 2.28. The van der Waals surface area contributed by atoms with E-state index in [9.17, 15) is 13.2 Å². The fourth-order valence-electron chi connectivity index (χ4n) is 3.74. The molecule has 0 spiro atoms. The number of ether oxygens (including phenoxy) is 1. The Bertz CT molecular complexity index is 1190. The molecule has 0 aliphatic carbocycles. The molecule has 1 fully saturated rings. The molecule has 1 saturated heterocycles. The van der Waals surface area contributed by atoms with Crippen LogP contribution in [0, 0.1) is 12.8 Å². The number of aryl methyl sites for hydroxylation is 1. The summed E-state index contributed by atoms with van der Waals surface area (Å²) >= 11 is 0. The number of nitrogens with zero attached hydrogens (tertiary/aromatic N) is 2. The van der Waals surface area contributed by atoms with Crippen LogP contribution in [0.25, 0.3) is 11.5 Å². The molecule has 1 aliphatic heterocycles. The average molecular weight is 459 g/mol. The van der Waals surface area contributed by atoms with E-state index in [1.165, 1.54) is 10.4 Å². The van der Waals surface area contributed by atoms with Gasteiger partial charge in [0, 0.05) is 31.2 Å². The van der Waals surface area contributed by atoms with Gasteiger partial charge in [-0.3, -0.25) is 9.89 Å². The van der Waals surface area contributed by atoms with Gasteiger partial charge in [-0.2, -0.15) is 9.40 Å². The summed E-state index contributed by atoms with van der Waals surface area (Å²) in [6.07, 6.45) is 0.907. The third-order valence-electron chi connectivity index (χ3n) is 5.56. The highest BCUT2D eigenvalue weighted by Gasteiger charge is 2.34. The van der Waals surface area contributed by atoms with Gasteiger partial charge in [-0.25, -0.2) is 8.42 Å². The molecule has 0 radical (unpaired) electrons. The number of carbonyl (C=O) groups excluding carboxylic acids is 1. The quantitative estimate of drug-likeness (QED) is 0.562. The monoisotopic (exact) mass is 458 g/mol. The summed E-state index contributed by atoms with van der Waals surface area (Å²) in [5.41, 5.74) is 2.35. The number of H-pyrrole nitrogens is 1. The van der Waals surface area contributed by atoms with Gasteiger partial charge >= 0.3 is 0 Å². The van der Waals surface area contributed by atoms with Crippen molar-refractivity contribution in [1.29, 1.82) is 0 Å². The van der Waals surface area contributed by atoms with Gasteiger partial charge in [0.05, 0.1) is 7.11 Å². The van der Waals surface area contributed by atoms with E-state index < -0.39 is 10.0 Å². The number of methoxy groups -OCH3 is 1. The molecule has 32 heavy (non-hydrogen) atoms. The van der Waals surface area contributed by atoms with E-state index in [1.54, 1.807) is 19.2 Å². The van der Waals surface area contributed by atoms with Crippen LogP contribution < -0.4 is 10.1 Å². The van der Waals surface area contributed by atoms with Crippen molar-refractivity contribution >= 4 is 15.9 Å². The van der Waals surface area contributed by atoms with Gasteiger partial charge in [0.1, 0.15) is 11.4 Å².